The van der Waals surface area contributed by atoms with Crippen molar-refractivity contribution in [3.8, 4) is 0 Å². The highest BCUT2D eigenvalue weighted by Crippen LogP contribution is 2.27. The van der Waals surface area contributed by atoms with Crippen LogP contribution in [0.3, 0.4) is 0 Å². The molecule has 0 aromatic heterocycles. The molecule has 0 aliphatic carbocycles. The van der Waals surface area contributed by atoms with E-state index in [1.54, 1.807) is 16.7 Å². The summed E-state index contributed by atoms with van der Waals surface area (Å²) < 4.78 is 0. The van der Waals surface area contributed by atoms with E-state index in [0.717, 1.165) is 0 Å². The van der Waals surface area contributed by atoms with Crippen LogP contribution in [0.4, 0.5) is 0 Å². The summed E-state index contributed by atoms with van der Waals surface area (Å²) in [7, 11) is 0. The van der Waals surface area contributed by atoms with Crippen LogP contribution in [0.25, 0.3) is 0 Å². The normalized spacial score (nSPS) is 20.2. The van der Waals surface area contributed by atoms with Gasteiger partial charge in [-0.15, -0.1) is 24.2 Å². The largest absolute Gasteiger partial charge is 0.354 e. The molecule has 2 unspecified atom stereocenters. The highest BCUT2D eigenvalue weighted by atomic mass is 35.5. The molecule has 20 heavy (non-hydrogen) atoms. The number of rotatable bonds is 4. The summed E-state index contributed by atoms with van der Waals surface area (Å²) in [5.41, 5.74) is 5.07. The molecule has 2 atom stereocenters. The number of amides is 2. The summed E-state index contributed by atoms with van der Waals surface area (Å²) in [6.07, 6.45) is 0. The van der Waals surface area contributed by atoms with Crippen molar-refractivity contribution in [3.63, 3.8) is 0 Å². The van der Waals surface area contributed by atoms with E-state index in [1.807, 2.05) is 27.7 Å². The molecule has 0 aromatic carbocycles. The number of hydrogen-bond acceptors (Lipinski definition) is 4. The van der Waals surface area contributed by atoms with Crippen LogP contribution in [0.5, 0.6) is 0 Å². The van der Waals surface area contributed by atoms with Gasteiger partial charge in [-0.3, -0.25) is 9.59 Å². The van der Waals surface area contributed by atoms with Crippen molar-refractivity contribution in [1.82, 2.24) is 10.2 Å². The minimum atomic E-state index is -0.450. The molecule has 0 bridgehead atoms. The number of carbonyl (C=O) groups is 2. The maximum Gasteiger partial charge on any atom is 0.243 e. The fourth-order valence-electron chi connectivity index (χ4n) is 1.77. The minimum absolute atomic E-state index is 0. The molecule has 0 aromatic rings. The lowest BCUT2D eigenvalue weighted by molar-refractivity contribution is -0.144. The third-order valence-corrected chi connectivity index (χ3v) is 4.13. The Hall–Kier alpha value is -0.460. The second-order valence-corrected chi connectivity index (χ2v) is 7.13. The fraction of sp³-hybridized carbons (Fsp3) is 0.846. The predicted molar refractivity (Wildman–Crippen MR) is 85.9 cm³/mol. The Bertz CT molecular complexity index is 347. The average Bonchev–Trinajstić information content (AvgIpc) is 2.82. The van der Waals surface area contributed by atoms with Gasteiger partial charge in [0.15, 0.2) is 0 Å². The number of nitrogens with zero attached hydrogens (tertiary/aromatic N) is 1. The first-order valence-electron chi connectivity index (χ1n) is 6.64. The van der Waals surface area contributed by atoms with E-state index >= 15 is 0 Å². The van der Waals surface area contributed by atoms with Crippen LogP contribution in [-0.4, -0.2) is 47.5 Å². The van der Waals surface area contributed by atoms with Gasteiger partial charge >= 0.3 is 0 Å². The molecule has 1 heterocycles. The Kier molecular flexibility index (Phi) is 7.91. The summed E-state index contributed by atoms with van der Waals surface area (Å²) in [6.45, 7) is 8.73. The lowest BCUT2D eigenvalue weighted by Gasteiger charge is -2.29. The number of carbonyl (C=O) groups excluding carboxylic acids is 2. The second-order valence-electron chi connectivity index (χ2n) is 6.13. The zero-order chi connectivity index (χ0) is 14.6. The monoisotopic (exact) mass is 323 g/mol. The first-order valence-corrected chi connectivity index (χ1v) is 7.79. The molecule has 1 rings (SSSR count). The van der Waals surface area contributed by atoms with Gasteiger partial charge in [-0.2, -0.15) is 0 Å². The van der Waals surface area contributed by atoms with Crippen LogP contribution in [0.2, 0.25) is 0 Å². The number of halogens is 1. The van der Waals surface area contributed by atoms with E-state index in [9.17, 15) is 9.59 Å². The van der Waals surface area contributed by atoms with E-state index < -0.39 is 5.41 Å². The molecule has 0 radical (unpaired) electrons. The van der Waals surface area contributed by atoms with E-state index in [0.29, 0.717) is 24.7 Å². The van der Waals surface area contributed by atoms with Crippen molar-refractivity contribution >= 4 is 36.0 Å². The quantitative estimate of drug-likeness (QED) is 0.811. The van der Waals surface area contributed by atoms with E-state index in [-0.39, 0.29) is 36.2 Å². The van der Waals surface area contributed by atoms with Gasteiger partial charge in [-0.25, -0.2) is 0 Å². The molecule has 2 amide bonds. The molecule has 5 nitrogen and oxygen atoms in total. The van der Waals surface area contributed by atoms with Gasteiger partial charge in [0, 0.05) is 17.7 Å². The van der Waals surface area contributed by atoms with Crippen LogP contribution in [-0.2, 0) is 9.59 Å². The van der Waals surface area contributed by atoms with E-state index in [1.165, 1.54) is 0 Å². The third-order valence-electron chi connectivity index (χ3n) is 3.11. The van der Waals surface area contributed by atoms with Crippen LogP contribution < -0.4 is 11.1 Å². The van der Waals surface area contributed by atoms with E-state index in [2.05, 4.69) is 5.32 Å². The van der Waals surface area contributed by atoms with Gasteiger partial charge in [0.1, 0.15) is 6.04 Å². The maximum absolute atomic E-state index is 12.3. The number of hydrogen-bond donors (Lipinski definition) is 2. The van der Waals surface area contributed by atoms with Crippen LogP contribution >= 0.6 is 24.2 Å². The lowest BCUT2D eigenvalue weighted by Crippen LogP contribution is -2.51. The molecule has 7 heteroatoms. The standard InChI is InChI=1S/C13H25N3O2S.ClH/c1-9(5-14)6-15-11(17)10-7-19-8-16(10)12(18)13(2,3)4;/h9-10H,5-8,14H2,1-4H3,(H,15,17);1H. The lowest BCUT2D eigenvalue weighted by atomic mass is 9.94. The minimum Gasteiger partial charge on any atom is -0.354 e. The van der Waals surface area contributed by atoms with Crippen molar-refractivity contribution in [1.29, 1.82) is 0 Å². The van der Waals surface area contributed by atoms with E-state index in [4.69, 9.17) is 5.73 Å². The smallest absolute Gasteiger partial charge is 0.243 e. The summed E-state index contributed by atoms with van der Waals surface area (Å²) >= 11 is 1.62. The summed E-state index contributed by atoms with van der Waals surface area (Å²) in [4.78, 5) is 26.1. The fourth-order valence-corrected chi connectivity index (χ4v) is 2.92. The molecular formula is C13H26ClN3O2S. The molecule has 118 valence electrons. The van der Waals surface area contributed by atoms with Gasteiger partial charge in [0.05, 0.1) is 5.88 Å². The van der Waals surface area contributed by atoms with Gasteiger partial charge < -0.3 is 16.0 Å². The van der Waals surface area contributed by atoms with Crippen molar-refractivity contribution in [2.24, 2.45) is 17.1 Å². The van der Waals surface area contributed by atoms with Gasteiger partial charge in [0.25, 0.3) is 0 Å². The zero-order valence-electron chi connectivity index (χ0n) is 12.6. The van der Waals surface area contributed by atoms with Gasteiger partial charge in [0.2, 0.25) is 11.8 Å². The third kappa shape index (κ3) is 5.14. The second kappa shape index (κ2) is 8.10. The predicted octanol–water partition coefficient (Wildman–Crippen LogP) is 1.07. The summed E-state index contributed by atoms with van der Waals surface area (Å²) in [5, 5.41) is 2.89. The Morgan fingerprint density at radius 2 is 2.05 bits per heavy atom. The highest BCUT2D eigenvalue weighted by Gasteiger charge is 2.38. The molecule has 1 saturated heterocycles. The highest BCUT2D eigenvalue weighted by molar-refractivity contribution is 7.99. The molecule has 1 fully saturated rings. The SMILES string of the molecule is CC(CN)CNC(=O)C1CSCN1C(=O)C(C)(C)C.Cl. The Labute approximate surface area is 131 Å². The Morgan fingerprint density at radius 1 is 1.45 bits per heavy atom. The molecule has 0 saturated carbocycles. The summed E-state index contributed by atoms with van der Waals surface area (Å²) in [5.74, 6) is 1.49. The first-order chi connectivity index (χ1) is 8.77. The number of nitrogens with one attached hydrogen (secondary N) is 1. The maximum atomic E-state index is 12.3. The van der Waals surface area contributed by atoms with Gasteiger partial charge in [-0.1, -0.05) is 27.7 Å². The van der Waals surface area contributed by atoms with Crippen LogP contribution in [0, 0.1) is 11.3 Å². The number of nitrogens with two attached hydrogens (primary N) is 1. The molecular weight excluding hydrogens is 298 g/mol. The van der Waals surface area contributed by atoms with Gasteiger partial charge in [-0.05, 0) is 12.5 Å². The molecule has 0 spiro atoms. The van der Waals surface area contributed by atoms with Crippen LogP contribution in [0.15, 0.2) is 0 Å². The summed E-state index contributed by atoms with van der Waals surface area (Å²) in [6, 6.07) is -0.346. The van der Waals surface area contributed by atoms with Crippen molar-refractivity contribution in [2.45, 2.75) is 33.7 Å². The molecule has 3 N–H and O–H groups in total. The Morgan fingerprint density at radius 3 is 2.55 bits per heavy atom. The molecule has 1 aliphatic heterocycles. The Balaban J connectivity index is 0.00000361. The van der Waals surface area contributed by atoms with Crippen molar-refractivity contribution < 1.29 is 9.59 Å². The van der Waals surface area contributed by atoms with Crippen molar-refractivity contribution in [3.05, 3.63) is 0 Å². The zero-order valence-corrected chi connectivity index (χ0v) is 14.3. The van der Waals surface area contributed by atoms with Crippen molar-refractivity contribution in [2.75, 3.05) is 24.7 Å². The molecule has 1 aliphatic rings. The number of thioether (sulfide) groups is 1. The first kappa shape index (κ1) is 19.5. The van der Waals surface area contributed by atoms with Crippen LogP contribution in [0.1, 0.15) is 27.7 Å². The average molecular weight is 324 g/mol. The topological polar surface area (TPSA) is 75.4 Å².